The molecule has 0 aliphatic heterocycles. The molecule has 0 aromatic carbocycles. The lowest BCUT2D eigenvalue weighted by atomic mass is 10.3. The molecule has 0 unspecified atom stereocenters. The van der Waals surface area contributed by atoms with Crippen LogP contribution in [-0.2, 0) is 6.42 Å². The van der Waals surface area contributed by atoms with Crippen LogP contribution in [0, 0.1) is 0 Å². The van der Waals surface area contributed by atoms with Gasteiger partial charge in [0.2, 0.25) is 5.28 Å². The summed E-state index contributed by atoms with van der Waals surface area (Å²) in [6.07, 6.45) is 5.92. The van der Waals surface area contributed by atoms with Crippen LogP contribution in [0.5, 0.6) is 0 Å². The summed E-state index contributed by atoms with van der Waals surface area (Å²) >= 11 is 5.90. The van der Waals surface area contributed by atoms with Gasteiger partial charge in [0, 0.05) is 18.8 Å². The lowest BCUT2D eigenvalue weighted by molar-refractivity contribution is 0.942. The van der Waals surface area contributed by atoms with Crippen LogP contribution in [0.2, 0.25) is 5.28 Å². The summed E-state index contributed by atoms with van der Waals surface area (Å²) in [4.78, 5) is 8.20. The van der Waals surface area contributed by atoms with Gasteiger partial charge in [0.15, 0.2) is 0 Å². The summed E-state index contributed by atoms with van der Waals surface area (Å²) < 4.78 is 1.79. The lowest BCUT2D eigenvalue weighted by Crippen LogP contribution is -2.03. The Morgan fingerprint density at radius 1 is 1.54 bits per heavy atom. The van der Waals surface area contributed by atoms with Gasteiger partial charge in [-0.3, -0.25) is 9.38 Å². The van der Waals surface area contributed by atoms with Crippen LogP contribution in [0.4, 0.5) is 0 Å². The molecule has 0 atom stereocenters. The molecule has 0 aliphatic carbocycles. The zero-order valence-electron chi connectivity index (χ0n) is 6.94. The summed E-state index contributed by atoms with van der Waals surface area (Å²) in [6, 6.07) is 0. The van der Waals surface area contributed by atoms with Crippen LogP contribution >= 0.6 is 11.6 Å². The van der Waals surface area contributed by atoms with Crippen molar-refractivity contribution in [3.63, 3.8) is 0 Å². The Bertz CT molecular complexity index is 423. The van der Waals surface area contributed by atoms with Crippen molar-refractivity contribution in [3.05, 3.63) is 29.6 Å². The van der Waals surface area contributed by atoms with E-state index in [1.807, 2.05) is 0 Å². The molecule has 0 saturated carbocycles. The highest BCUT2D eigenvalue weighted by atomic mass is 35.5. The van der Waals surface area contributed by atoms with Gasteiger partial charge in [-0.05, 0) is 18.1 Å². The molecule has 0 spiro atoms. The normalized spacial score (nSPS) is 10.9. The smallest absolute Gasteiger partial charge is 0.207 e. The van der Waals surface area contributed by atoms with Gasteiger partial charge in [-0.2, -0.15) is 0 Å². The maximum Gasteiger partial charge on any atom is 0.207 e. The molecule has 2 aromatic rings. The quantitative estimate of drug-likeness (QED) is 0.776. The van der Waals surface area contributed by atoms with Gasteiger partial charge in [0.25, 0.3) is 0 Å². The molecule has 5 heteroatoms. The third-order valence-corrected chi connectivity index (χ3v) is 2.13. The highest BCUT2D eigenvalue weighted by molar-refractivity contribution is 6.28. The number of nitrogens with zero attached hydrogens (tertiary/aromatic N) is 3. The molecular formula is C8H9ClN4. The second-order valence-corrected chi connectivity index (χ2v) is 3.04. The van der Waals surface area contributed by atoms with Gasteiger partial charge >= 0.3 is 0 Å². The Kier molecular flexibility index (Phi) is 2.16. The van der Waals surface area contributed by atoms with E-state index in [1.54, 1.807) is 23.0 Å². The fourth-order valence-electron chi connectivity index (χ4n) is 1.28. The van der Waals surface area contributed by atoms with Crippen molar-refractivity contribution in [3.8, 4) is 0 Å². The molecule has 2 heterocycles. The minimum atomic E-state index is 0.459. The maximum absolute atomic E-state index is 5.90. The van der Waals surface area contributed by atoms with Gasteiger partial charge in [-0.25, -0.2) is 4.98 Å². The topological polar surface area (TPSA) is 56.2 Å². The third kappa shape index (κ3) is 1.38. The van der Waals surface area contributed by atoms with Crippen molar-refractivity contribution >= 4 is 17.1 Å². The highest BCUT2D eigenvalue weighted by Gasteiger charge is 2.07. The molecule has 0 saturated heterocycles. The molecule has 0 amide bonds. The SMILES string of the molecule is NCCc1nc(Cl)n2ccncc12. The van der Waals surface area contributed by atoms with E-state index in [-0.39, 0.29) is 0 Å². The van der Waals surface area contributed by atoms with E-state index in [1.165, 1.54) is 0 Å². The number of rotatable bonds is 2. The fourth-order valence-corrected chi connectivity index (χ4v) is 1.53. The molecule has 0 bridgehead atoms. The molecule has 68 valence electrons. The number of nitrogens with two attached hydrogens (primary N) is 1. The second-order valence-electron chi connectivity index (χ2n) is 2.70. The zero-order valence-corrected chi connectivity index (χ0v) is 7.70. The van der Waals surface area contributed by atoms with Gasteiger partial charge in [-0.15, -0.1) is 0 Å². The standard InChI is InChI=1S/C8H9ClN4/c9-8-12-6(1-2-10)7-5-11-3-4-13(7)8/h3-5H,1-2,10H2. The first-order chi connectivity index (χ1) is 6.33. The van der Waals surface area contributed by atoms with Gasteiger partial charge in [-0.1, -0.05) is 0 Å². The first kappa shape index (κ1) is 8.47. The Hall–Kier alpha value is -1.13. The molecule has 0 radical (unpaired) electrons. The van der Waals surface area contributed by atoms with Crippen LogP contribution in [0.3, 0.4) is 0 Å². The van der Waals surface area contributed by atoms with Gasteiger partial charge in [0.05, 0.1) is 17.4 Å². The number of fused-ring (bicyclic) bond motifs is 1. The van der Waals surface area contributed by atoms with E-state index >= 15 is 0 Å². The summed E-state index contributed by atoms with van der Waals surface area (Å²) in [5, 5.41) is 0.459. The molecule has 4 nitrogen and oxygen atoms in total. The Morgan fingerprint density at radius 3 is 3.15 bits per heavy atom. The average molecular weight is 197 g/mol. The van der Waals surface area contributed by atoms with Crippen LogP contribution < -0.4 is 5.73 Å². The van der Waals surface area contributed by atoms with E-state index in [0.717, 1.165) is 17.6 Å². The summed E-state index contributed by atoms with van der Waals surface area (Å²) in [5.41, 5.74) is 7.28. The van der Waals surface area contributed by atoms with Crippen molar-refractivity contribution < 1.29 is 0 Å². The number of hydrogen-bond donors (Lipinski definition) is 1. The number of aromatic nitrogens is 3. The van der Waals surface area contributed by atoms with Crippen molar-refractivity contribution in [1.82, 2.24) is 14.4 Å². The minimum Gasteiger partial charge on any atom is -0.330 e. The van der Waals surface area contributed by atoms with Crippen molar-refractivity contribution in [2.45, 2.75) is 6.42 Å². The molecule has 0 fully saturated rings. The lowest BCUT2D eigenvalue weighted by Gasteiger charge is -1.94. The van der Waals surface area contributed by atoms with Crippen molar-refractivity contribution in [2.24, 2.45) is 5.73 Å². The summed E-state index contributed by atoms with van der Waals surface area (Å²) in [5.74, 6) is 0. The maximum atomic E-state index is 5.90. The molecule has 13 heavy (non-hydrogen) atoms. The van der Waals surface area contributed by atoms with E-state index < -0.39 is 0 Å². The number of hydrogen-bond acceptors (Lipinski definition) is 3. The Labute approximate surface area is 80.4 Å². The average Bonchev–Trinajstić information content (AvgIpc) is 2.46. The molecular weight excluding hydrogens is 188 g/mol. The number of halogens is 1. The third-order valence-electron chi connectivity index (χ3n) is 1.86. The predicted molar refractivity (Wildman–Crippen MR) is 50.8 cm³/mol. The summed E-state index contributed by atoms with van der Waals surface area (Å²) in [6.45, 7) is 0.567. The minimum absolute atomic E-state index is 0.459. The Balaban J connectivity index is 2.63. The molecule has 2 N–H and O–H groups in total. The Morgan fingerprint density at radius 2 is 2.38 bits per heavy atom. The summed E-state index contributed by atoms with van der Waals surface area (Å²) in [7, 11) is 0. The molecule has 0 aliphatic rings. The number of imidazole rings is 1. The van der Waals surface area contributed by atoms with Crippen molar-refractivity contribution in [2.75, 3.05) is 6.54 Å². The van der Waals surface area contributed by atoms with Gasteiger partial charge < -0.3 is 5.73 Å². The first-order valence-corrected chi connectivity index (χ1v) is 4.37. The van der Waals surface area contributed by atoms with Gasteiger partial charge in [0.1, 0.15) is 0 Å². The fraction of sp³-hybridized carbons (Fsp3) is 0.250. The van der Waals surface area contributed by atoms with Crippen molar-refractivity contribution in [1.29, 1.82) is 0 Å². The first-order valence-electron chi connectivity index (χ1n) is 3.99. The second kappa shape index (κ2) is 3.32. The molecule has 2 aromatic heterocycles. The van der Waals surface area contributed by atoms with Crippen LogP contribution in [0.25, 0.3) is 5.52 Å². The van der Waals surface area contributed by atoms with Crippen LogP contribution in [0.15, 0.2) is 18.6 Å². The highest BCUT2D eigenvalue weighted by Crippen LogP contribution is 2.15. The zero-order chi connectivity index (χ0) is 9.26. The van der Waals surface area contributed by atoms with Crippen LogP contribution in [-0.4, -0.2) is 20.9 Å². The van der Waals surface area contributed by atoms with E-state index in [9.17, 15) is 0 Å². The predicted octanol–water partition coefficient (Wildman–Crippen LogP) is 0.884. The van der Waals surface area contributed by atoms with E-state index in [2.05, 4.69) is 9.97 Å². The monoisotopic (exact) mass is 196 g/mol. The van der Waals surface area contributed by atoms with Crippen LogP contribution in [0.1, 0.15) is 5.69 Å². The van der Waals surface area contributed by atoms with E-state index in [0.29, 0.717) is 11.8 Å². The molecule has 2 rings (SSSR count). The largest absolute Gasteiger partial charge is 0.330 e. The van der Waals surface area contributed by atoms with E-state index in [4.69, 9.17) is 17.3 Å².